The monoisotopic (exact) mass is 235 g/mol. The van der Waals surface area contributed by atoms with Gasteiger partial charge in [-0.15, -0.1) is 11.6 Å². The molecule has 0 saturated heterocycles. The predicted octanol–water partition coefficient (Wildman–Crippen LogP) is 0.382. The molecule has 0 heterocycles. The maximum Gasteiger partial charge on any atom is 0.331 e. The van der Waals surface area contributed by atoms with E-state index < -0.39 is 17.3 Å². The second-order valence-electron chi connectivity index (χ2n) is 2.91. The van der Waals surface area contributed by atoms with Gasteiger partial charge in [-0.25, -0.2) is 4.79 Å². The number of nitrogens with two attached hydrogens (primary N) is 1. The van der Waals surface area contributed by atoms with Crippen LogP contribution in [-0.4, -0.2) is 29.6 Å². The summed E-state index contributed by atoms with van der Waals surface area (Å²) in [4.78, 5) is 32.8. The average molecular weight is 236 g/mol. The summed E-state index contributed by atoms with van der Waals surface area (Å²) in [6.07, 6.45) is 0.228. The molecule has 0 aromatic heterocycles. The Bertz CT molecular complexity index is 254. The average Bonchev–Trinajstić information content (AvgIpc) is 2.24. The van der Waals surface area contributed by atoms with E-state index in [1.54, 1.807) is 6.92 Å². The first-order valence-corrected chi connectivity index (χ1v) is 5.05. The van der Waals surface area contributed by atoms with Gasteiger partial charge in [-0.3, -0.25) is 9.59 Å². The highest BCUT2D eigenvalue weighted by Gasteiger charge is 2.18. The zero-order chi connectivity index (χ0) is 11.8. The summed E-state index contributed by atoms with van der Waals surface area (Å²) in [6.45, 7) is 1.58. The van der Waals surface area contributed by atoms with Crippen molar-refractivity contribution in [3.8, 4) is 0 Å². The van der Waals surface area contributed by atoms with Crippen LogP contribution in [0.3, 0.4) is 0 Å². The molecule has 0 aromatic rings. The van der Waals surface area contributed by atoms with Crippen molar-refractivity contribution in [3.63, 3.8) is 0 Å². The molecular formula is C9H14ClNO4. The molecule has 0 rings (SSSR count). The maximum absolute atomic E-state index is 11.0. The van der Waals surface area contributed by atoms with Gasteiger partial charge in [0.15, 0.2) is 0 Å². The van der Waals surface area contributed by atoms with Crippen LogP contribution in [0, 0.1) is 0 Å². The van der Waals surface area contributed by atoms with Gasteiger partial charge in [0.05, 0.1) is 13.0 Å². The third-order valence-corrected chi connectivity index (χ3v) is 2.15. The molecule has 2 N–H and O–H groups in total. The Kier molecular flexibility index (Phi) is 6.90. The van der Waals surface area contributed by atoms with Gasteiger partial charge in [0.1, 0.15) is 11.2 Å². The van der Waals surface area contributed by atoms with E-state index in [0.29, 0.717) is 6.42 Å². The van der Waals surface area contributed by atoms with E-state index in [1.165, 1.54) is 0 Å². The highest BCUT2D eigenvalue weighted by molar-refractivity contribution is 6.30. The summed E-state index contributed by atoms with van der Waals surface area (Å²) in [5.74, 6) is -1.78. The molecule has 86 valence electrons. The van der Waals surface area contributed by atoms with Crippen LogP contribution in [-0.2, 0) is 19.1 Å². The van der Waals surface area contributed by atoms with Crippen LogP contribution in [0.5, 0.6) is 0 Å². The Morgan fingerprint density at radius 3 is 2.40 bits per heavy atom. The second-order valence-corrected chi connectivity index (χ2v) is 3.44. The first kappa shape index (κ1) is 14.1. The van der Waals surface area contributed by atoms with Crippen LogP contribution in [0.1, 0.15) is 26.2 Å². The fraction of sp³-hybridized carbons (Fsp3) is 0.667. The van der Waals surface area contributed by atoms with E-state index >= 15 is 0 Å². The summed E-state index contributed by atoms with van der Waals surface area (Å²) >= 11 is 5.54. The third-order valence-electron chi connectivity index (χ3n) is 1.66. The van der Waals surface area contributed by atoms with Gasteiger partial charge in [-0.1, -0.05) is 6.92 Å². The van der Waals surface area contributed by atoms with E-state index in [2.05, 4.69) is 4.74 Å². The molecule has 0 saturated carbocycles. The number of ketones is 1. The van der Waals surface area contributed by atoms with Crippen molar-refractivity contribution in [3.05, 3.63) is 0 Å². The lowest BCUT2D eigenvalue weighted by Gasteiger charge is -2.05. The number of carbonyl (C=O) groups excluding carboxylic acids is 3. The van der Waals surface area contributed by atoms with E-state index in [9.17, 15) is 14.4 Å². The van der Waals surface area contributed by atoms with Gasteiger partial charge in [0, 0.05) is 6.42 Å². The largest absolute Gasteiger partial charge is 0.392 e. The number of esters is 2. The normalized spacial score (nSPS) is 11.9. The molecule has 0 radical (unpaired) electrons. The SMILES string of the molecule is CCC(Cl)C(=O)OC(=O)CCC(=O)CN. The van der Waals surface area contributed by atoms with E-state index in [-0.39, 0.29) is 25.2 Å². The number of ether oxygens (including phenoxy) is 1. The Hall–Kier alpha value is -0.940. The summed E-state index contributed by atoms with van der Waals surface area (Å²) in [5, 5.41) is -0.820. The van der Waals surface area contributed by atoms with E-state index in [0.717, 1.165) is 0 Å². The molecule has 0 spiro atoms. The summed E-state index contributed by atoms with van der Waals surface area (Å²) < 4.78 is 4.40. The Balaban J connectivity index is 3.84. The van der Waals surface area contributed by atoms with Crippen LogP contribution in [0.4, 0.5) is 0 Å². The van der Waals surface area contributed by atoms with E-state index in [1.807, 2.05) is 0 Å². The van der Waals surface area contributed by atoms with Gasteiger partial charge in [0.25, 0.3) is 0 Å². The fourth-order valence-electron chi connectivity index (χ4n) is 0.737. The number of carbonyl (C=O) groups is 3. The number of hydrogen-bond donors (Lipinski definition) is 1. The Morgan fingerprint density at radius 2 is 1.93 bits per heavy atom. The first-order valence-electron chi connectivity index (χ1n) is 4.61. The Labute approximate surface area is 92.9 Å². The van der Waals surface area contributed by atoms with Crippen molar-refractivity contribution >= 4 is 29.3 Å². The molecule has 0 bridgehead atoms. The van der Waals surface area contributed by atoms with Gasteiger partial charge < -0.3 is 10.5 Å². The second kappa shape index (κ2) is 7.36. The summed E-state index contributed by atoms with van der Waals surface area (Å²) in [5.41, 5.74) is 5.04. The van der Waals surface area contributed by atoms with Crippen LogP contribution in [0.25, 0.3) is 0 Å². The smallest absolute Gasteiger partial charge is 0.331 e. The van der Waals surface area contributed by atoms with Gasteiger partial charge >= 0.3 is 11.9 Å². The fourth-order valence-corrected chi connectivity index (χ4v) is 0.782. The van der Waals surface area contributed by atoms with Crippen LogP contribution >= 0.6 is 11.6 Å². The number of hydrogen-bond acceptors (Lipinski definition) is 5. The summed E-state index contributed by atoms with van der Waals surface area (Å²) in [6, 6.07) is 0. The van der Waals surface area contributed by atoms with Crippen molar-refractivity contribution in [1.82, 2.24) is 0 Å². The molecule has 1 atom stereocenters. The predicted molar refractivity (Wildman–Crippen MR) is 54.3 cm³/mol. The quantitative estimate of drug-likeness (QED) is 0.409. The van der Waals surface area contributed by atoms with Crippen molar-refractivity contribution in [2.24, 2.45) is 5.73 Å². The van der Waals surface area contributed by atoms with Crippen molar-refractivity contribution < 1.29 is 19.1 Å². The molecular weight excluding hydrogens is 222 g/mol. The summed E-state index contributed by atoms with van der Waals surface area (Å²) in [7, 11) is 0. The number of Topliss-reactive ketones (excluding diaryl/α,β-unsaturated/α-hetero) is 1. The van der Waals surface area contributed by atoms with Crippen molar-refractivity contribution in [2.75, 3.05) is 6.54 Å². The lowest BCUT2D eigenvalue weighted by atomic mass is 10.2. The number of alkyl halides is 1. The molecule has 15 heavy (non-hydrogen) atoms. The lowest BCUT2D eigenvalue weighted by molar-refractivity contribution is -0.159. The minimum Gasteiger partial charge on any atom is -0.392 e. The zero-order valence-corrected chi connectivity index (χ0v) is 9.25. The molecule has 6 heteroatoms. The minimum absolute atomic E-state index is 0.0122. The standard InChI is InChI=1S/C9H14ClNO4/c1-2-7(10)9(14)15-8(13)4-3-6(12)5-11/h7H,2-5,11H2,1H3. The molecule has 0 aliphatic heterocycles. The van der Waals surface area contributed by atoms with Gasteiger partial charge in [0.2, 0.25) is 0 Å². The minimum atomic E-state index is -0.820. The molecule has 0 aromatic carbocycles. The molecule has 0 aliphatic carbocycles. The van der Waals surface area contributed by atoms with Gasteiger partial charge in [-0.2, -0.15) is 0 Å². The zero-order valence-electron chi connectivity index (χ0n) is 8.49. The maximum atomic E-state index is 11.0. The molecule has 5 nitrogen and oxygen atoms in total. The van der Waals surface area contributed by atoms with Gasteiger partial charge in [-0.05, 0) is 6.42 Å². The molecule has 1 unspecified atom stereocenters. The van der Waals surface area contributed by atoms with Crippen LogP contribution in [0.15, 0.2) is 0 Å². The number of halogens is 1. The van der Waals surface area contributed by atoms with Crippen molar-refractivity contribution in [2.45, 2.75) is 31.6 Å². The molecule has 0 amide bonds. The van der Waals surface area contributed by atoms with E-state index in [4.69, 9.17) is 17.3 Å². The van der Waals surface area contributed by atoms with Crippen molar-refractivity contribution in [1.29, 1.82) is 0 Å². The molecule has 0 aliphatic rings. The first-order chi connectivity index (χ1) is 7.01. The topological polar surface area (TPSA) is 86.5 Å². The number of rotatable bonds is 6. The highest BCUT2D eigenvalue weighted by atomic mass is 35.5. The highest BCUT2D eigenvalue weighted by Crippen LogP contribution is 2.05. The Morgan fingerprint density at radius 1 is 1.33 bits per heavy atom. The lowest BCUT2D eigenvalue weighted by Crippen LogP contribution is -2.22. The third kappa shape index (κ3) is 6.19. The van der Waals surface area contributed by atoms with Crippen LogP contribution in [0.2, 0.25) is 0 Å². The van der Waals surface area contributed by atoms with Crippen LogP contribution < -0.4 is 5.73 Å². The molecule has 0 fully saturated rings.